The van der Waals surface area contributed by atoms with E-state index in [1.807, 2.05) is 34.9 Å². The maximum atomic E-state index is 6.09. The molecule has 102 valence electrons. The summed E-state index contributed by atoms with van der Waals surface area (Å²) in [4.78, 5) is 4.57. The SMILES string of the molecule is ClCc1nc2cc(I)ccc2n1-c1cc(Cl)cc(Cl)c1. The van der Waals surface area contributed by atoms with Crippen molar-refractivity contribution >= 4 is 68.4 Å². The third kappa shape index (κ3) is 2.64. The molecule has 0 aliphatic rings. The highest BCUT2D eigenvalue weighted by molar-refractivity contribution is 14.1. The lowest BCUT2D eigenvalue weighted by atomic mass is 10.2. The van der Waals surface area contributed by atoms with Crippen LogP contribution in [0.5, 0.6) is 0 Å². The number of hydrogen-bond donors (Lipinski definition) is 0. The minimum absolute atomic E-state index is 0.315. The van der Waals surface area contributed by atoms with E-state index in [0.717, 1.165) is 26.1 Å². The van der Waals surface area contributed by atoms with Crippen LogP contribution in [0.4, 0.5) is 0 Å². The molecule has 20 heavy (non-hydrogen) atoms. The molecule has 2 aromatic carbocycles. The molecule has 0 saturated carbocycles. The summed E-state index contributed by atoms with van der Waals surface area (Å²) in [5, 5.41) is 1.17. The van der Waals surface area contributed by atoms with Crippen LogP contribution in [0.1, 0.15) is 5.82 Å². The number of benzene rings is 2. The Balaban J connectivity index is 2.33. The second-order valence-electron chi connectivity index (χ2n) is 4.26. The minimum atomic E-state index is 0.315. The Labute approximate surface area is 144 Å². The summed E-state index contributed by atoms with van der Waals surface area (Å²) in [6.45, 7) is 0. The van der Waals surface area contributed by atoms with Gasteiger partial charge in [-0.05, 0) is 59.0 Å². The molecule has 6 heteroatoms. The third-order valence-electron chi connectivity index (χ3n) is 2.91. The Bertz CT molecular complexity index is 778. The number of fused-ring (bicyclic) bond motifs is 1. The molecule has 1 aromatic heterocycles. The normalized spacial score (nSPS) is 11.2. The van der Waals surface area contributed by atoms with Crippen molar-refractivity contribution in [1.29, 1.82) is 0 Å². The van der Waals surface area contributed by atoms with Gasteiger partial charge in [-0.3, -0.25) is 4.57 Å². The van der Waals surface area contributed by atoms with Crippen LogP contribution in [0, 0.1) is 3.57 Å². The van der Waals surface area contributed by atoms with Gasteiger partial charge in [-0.25, -0.2) is 4.98 Å². The number of aromatic nitrogens is 2. The molecule has 2 nitrogen and oxygen atoms in total. The summed E-state index contributed by atoms with van der Waals surface area (Å²) >= 11 is 20.5. The van der Waals surface area contributed by atoms with Gasteiger partial charge in [0.05, 0.1) is 22.6 Å². The van der Waals surface area contributed by atoms with Gasteiger partial charge >= 0.3 is 0 Å². The van der Waals surface area contributed by atoms with Gasteiger partial charge in [0.15, 0.2) is 0 Å². The number of rotatable bonds is 2. The summed E-state index contributed by atoms with van der Waals surface area (Å²) in [5.74, 6) is 1.08. The number of alkyl halides is 1. The predicted molar refractivity (Wildman–Crippen MR) is 93.4 cm³/mol. The van der Waals surface area contributed by atoms with Crippen LogP contribution < -0.4 is 0 Å². The zero-order chi connectivity index (χ0) is 14.3. The fourth-order valence-electron chi connectivity index (χ4n) is 2.15. The molecule has 0 bridgehead atoms. The molecule has 0 radical (unpaired) electrons. The van der Waals surface area contributed by atoms with E-state index < -0.39 is 0 Å². The monoisotopic (exact) mass is 436 g/mol. The van der Waals surface area contributed by atoms with E-state index in [9.17, 15) is 0 Å². The smallest absolute Gasteiger partial charge is 0.129 e. The Morgan fingerprint density at radius 1 is 1.05 bits per heavy atom. The van der Waals surface area contributed by atoms with Crippen LogP contribution in [0.2, 0.25) is 10.0 Å². The van der Waals surface area contributed by atoms with Gasteiger partial charge < -0.3 is 0 Å². The van der Waals surface area contributed by atoms with Gasteiger partial charge in [0, 0.05) is 13.6 Å². The average molecular weight is 437 g/mol. The fourth-order valence-corrected chi connectivity index (χ4v) is 3.32. The largest absolute Gasteiger partial charge is 0.295 e. The van der Waals surface area contributed by atoms with E-state index in [4.69, 9.17) is 34.8 Å². The first kappa shape index (κ1) is 14.4. The molecule has 0 aliphatic heterocycles. The van der Waals surface area contributed by atoms with Gasteiger partial charge in [-0.1, -0.05) is 23.2 Å². The summed E-state index contributed by atoms with van der Waals surface area (Å²) in [6, 6.07) is 11.5. The standard InChI is InChI=1S/C14H8Cl3IN2/c15-7-14-19-12-6-10(18)1-2-13(12)20(14)11-4-8(16)3-9(17)5-11/h1-6H,7H2. The van der Waals surface area contributed by atoms with Crippen molar-refractivity contribution in [3.05, 3.63) is 55.8 Å². The van der Waals surface area contributed by atoms with Crippen molar-refractivity contribution in [2.75, 3.05) is 0 Å². The van der Waals surface area contributed by atoms with E-state index in [1.165, 1.54) is 0 Å². The highest BCUT2D eigenvalue weighted by Gasteiger charge is 2.13. The first-order valence-electron chi connectivity index (χ1n) is 5.78. The molecule has 3 aromatic rings. The summed E-state index contributed by atoms with van der Waals surface area (Å²) in [7, 11) is 0. The molecule has 0 amide bonds. The summed E-state index contributed by atoms with van der Waals surface area (Å²) in [5.41, 5.74) is 2.75. The first-order valence-corrected chi connectivity index (χ1v) is 8.15. The highest BCUT2D eigenvalue weighted by Crippen LogP contribution is 2.28. The molecule has 0 saturated heterocycles. The molecule has 0 spiro atoms. The summed E-state index contributed by atoms with van der Waals surface area (Å²) < 4.78 is 3.11. The second-order valence-corrected chi connectivity index (χ2v) is 6.64. The second kappa shape index (κ2) is 5.72. The van der Waals surface area contributed by atoms with Crippen LogP contribution in [-0.4, -0.2) is 9.55 Å². The molecule has 0 unspecified atom stereocenters. The predicted octanol–water partition coefficient (Wildman–Crippen LogP) is 5.68. The van der Waals surface area contributed by atoms with Gasteiger partial charge in [0.25, 0.3) is 0 Å². The quantitative estimate of drug-likeness (QED) is 0.373. The molecular formula is C14H8Cl3IN2. The lowest BCUT2D eigenvalue weighted by Crippen LogP contribution is -1.99. The van der Waals surface area contributed by atoms with E-state index >= 15 is 0 Å². The maximum Gasteiger partial charge on any atom is 0.129 e. The van der Waals surface area contributed by atoms with Crippen LogP contribution in [-0.2, 0) is 5.88 Å². The van der Waals surface area contributed by atoms with Crippen LogP contribution in [0.15, 0.2) is 36.4 Å². The average Bonchev–Trinajstić information content (AvgIpc) is 2.74. The fraction of sp³-hybridized carbons (Fsp3) is 0.0714. The Hall–Kier alpha value is -0.490. The van der Waals surface area contributed by atoms with E-state index in [2.05, 4.69) is 27.6 Å². The molecule has 0 fully saturated rings. The Morgan fingerprint density at radius 2 is 1.75 bits per heavy atom. The maximum absolute atomic E-state index is 6.09. The Morgan fingerprint density at radius 3 is 2.40 bits per heavy atom. The van der Waals surface area contributed by atoms with Crippen LogP contribution >= 0.6 is 57.4 Å². The lowest BCUT2D eigenvalue weighted by molar-refractivity contribution is 0.982. The third-order valence-corrected chi connectivity index (χ3v) is 4.26. The molecule has 0 aliphatic carbocycles. The van der Waals surface area contributed by atoms with Gasteiger partial charge in [-0.15, -0.1) is 11.6 Å². The van der Waals surface area contributed by atoms with Crippen LogP contribution in [0.3, 0.4) is 0 Å². The number of hydrogen-bond acceptors (Lipinski definition) is 1. The van der Waals surface area contributed by atoms with E-state index in [-0.39, 0.29) is 0 Å². The molecule has 3 rings (SSSR count). The number of imidazole rings is 1. The van der Waals surface area contributed by atoms with Gasteiger partial charge in [-0.2, -0.15) is 0 Å². The molecular weight excluding hydrogens is 429 g/mol. The topological polar surface area (TPSA) is 17.8 Å². The number of nitrogens with zero attached hydrogens (tertiary/aromatic N) is 2. The lowest BCUT2D eigenvalue weighted by Gasteiger charge is -2.09. The van der Waals surface area contributed by atoms with Crippen molar-refractivity contribution < 1.29 is 0 Å². The van der Waals surface area contributed by atoms with Gasteiger partial charge in [0.1, 0.15) is 5.82 Å². The minimum Gasteiger partial charge on any atom is -0.295 e. The first-order chi connectivity index (χ1) is 9.58. The zero-order valence-electron chi connectivity index (χ0n) is 10.1. The van der Waals surface area contributed by atoms with Crippen molar-refractivity contribution in [2.24, 2.45) is 0 Å². The summed E-state index contributed by atoms with van der Waals surface area (Å²) in [6.07, 6.45) is 0. The van der Waals surface area contributed by atoms with Crippen LogP contribution in [0.25, 0.3) is 16.7 Å². The van der Waals surface area contributed by atoms with Crippen molar-refractivity contribution in [3.8, 4) is 5.69 Å². The molecule has 0 atom stereocenters. The van der Waals surface area contributed by atoms with Crippen molar-refractivity contribution in [3.63, 3.8) is 0 Å². The van der Waals surface area contributed by atoms with Gasteiger partial charge in [0.2, 0.25) is 0 Å². The van der Waals surface area contributed by atoms with E-state index in [1.54, 1.807) is 6.07 Å². The highest BCUT2D eigenvalue weighted by atomic mass is 127. The Kier molecular flexibility index (Phi) is 4.13. The van der Waals surface area contributed by atoms with Crippen molar-refractivity contribution in [2.45, 2.75) is 5.88 Å². The van der Waals surface area contributed by atoms with Crippen molar-refractivity contribution in [1.82, 2.24) is 9.55 Å². The molecule has 0 N–H and O–H groups in total. The van der Waals surface area contributed by atoms with E-state index in [0.29, 0.717) is 15.9 Å². The zero-order valence-corrected chi connectivity index (χ0v) is 14.5. The molecule has 1 heterocycles. The number of halogens is 4.